The topological polar surface area (TPSA) is 55.5 Å². The summed E-state index contributed by atoms with van der Waals surface area (Å²) in [6.07, 6.45) is 0. The molecule has 3 N–H and O–H groups in total. The largest absolute Gasteiger partial charge is 0.353 e. The second kappa shape index (κ2) is 3.25. The molecule has 0 aliphatic rings. The van der Waals surface area contributed by atoms with Gasteiger partial charge in [-0.05, 0) is 5.80 Å². The molecule has 0 heterocycles. The van der Waals surface area contributed by atoms with E-state index in [-0.39, 0.29) is 0 Å². The van der Waals surface area contributed by atoms with E-state index in [1.165, 1.54) is 7.11 Å². The molecule has 1 atom stereocenters. The molecular formula is C4H12NO2P. The van der Waals surface area contributed by atoms with Crippen molar-refractivity contribution < 1.29 is 9.42 Å². The van der Waals surface area contributed by atoms with Crippen LogP contribution in [-0.4, -0.2) is 31.0 Å². The molecule has 0 aliphatic heterocycles. The van der Waals surface area contributed by atoms with Gasteiger partial charge in [-0.2, -0.15) is 0 Å². The van der Waals surface area contributed by atoms with Gasteiger partial charge in [0.15, 0.2) is 0 Å². The maximum Gasteiger partial charge on any atom is 0.115 e. The zero-order chi connectivity index (χ0) is 6.62. The quantitative estimate of drug-likeness (QED) is 0.521. The first kappa shape index (κ1) is 8.18. The summed E-state index contributed by atoms with van der Waals surface area (Å²) in [7, 11) is -0.701. The van der Waals surface area contributed by atoms with E-state index in [9.17, 15) is 0 Å². The molecule has 0 bridgehead atoms. The lowest BCUT2D eigenvalue weighted by molar-refractivity contribution is 0.391. The lowest BCUT2D eigenvalue weighted by Crippen LogP contribution is -2.01. The predicted octanol–water partition coefficient (Wildman–Crippen LogP) is -0.137. The minimum absolute atomic E-state index is 0.370. The minimum atomic E-state index is -2.17. The smallest absolute Gasteiger partial charge is 0.115 e. The first-order chi connectivity index (χ1) is 3.62. The van der Waals surface area contributed by atoms with Gasteiger partial charge >= 0.3 is 0 Å². The Hall–Kier alpha value is 0.180. The second-order valence-electron chi connectivity index (χ2n) is 1.54. The average molecular weight is 137 g/mol. The third-order valence-corrected chi connectivity index (χ3v) is 2.44. The fraction of sp³-hybridized carbons (Fsp3) is 0.750. The van der Waals surface area contributed by atoms with Gasteiger partial charge in [-0.1, -0.05) is 0 Å². The van der Waals surface area contributed by atoms with E-state index in [2.05, 4.69) is 0 Å². The zero-order valence-electron chi connectivity index (χ0n) is 5.16. The summed E-state index contributed by atoms with van der Waals surface area (Å²) >= 11 is 0. The molecule has 1 unspecified atom stereocenters. The van der Waals surface area contributed by atoms with Gasteiger partial charge in [-0.25, -0.2) is 0 Å². The first-order valence-corrected chi connectivity index (χ1v) is 4.49. The Labute approximate surface area is 49.6 Å². The Bertz CT molecular complexity index is 107. The normalized spacial score (nSPS) is 17.5. The van der Waals surface area contributed by atoms with Crippen LogP contribution in [-0.2, 0) is 4.52 Å². The van der Waals surface area contributed by atoms with Gasteiger partial charge in [0.2, 0.25) is 0 Å². The van der Waals surface area contributed by atoms with Gasteiger partial charge in [0, 0.05) is 20.3 Å². The summed E-state index contributed by atoms with van der Waals surface area (Å²) in [4.78, 5) is 9.08. The highest BCUT2D eigenvalue weighted by atomic mass is 31.2. The van der Waals surface area contributed by atoms with E-state index in [1.807, 2.05) is 0 Å². The Morgan fingerprint density at radius 2 is 2.38 bits per heavy atom. The van der Waals surface area contributed by atoms with Crippen molar-refractivity contribution in [2.24, 2.45) is 5.73 Å². The van der Waals surface area contributed by atoms with E-state index in [0.717, 1.165) is 0 Å². The highest BCUT2D eigenvalue weighted by molar-refractivity contribution is 7.64. The van der Waals surface area contributed by atoms with Crippen LogP contribution in [0.25, 0.3) is 0 Å². The van der Waals surface area contributed by atoms with Crippen molar-refractivity contribution in [2.75, 3.05) is 20.3 Å². The van der Waals surface area contributed by atoms with E-state index < -0.39 is 7.34 Å². The summed E-state index contributed by atoms with van der Waals surface area (Å²) in [5, 5.41) is 0. The summed E-state index contributed by atoms with van der Waals surface area (Å²) in [6.45, 7) is 2.01. The van der Waals surface area contributed by atoms with E-state index in [0.29, 0.717) is 6.54 Å². The number of rotatable bonds is 2. The minimum Gasteiger partial charge on any atom is -0.353 e. The molecule has 0 amide bonds. The summed E-state index contributed by atoms with van der Waals surface area (Å²) in [5.41, 5.74) is 5.12. The van der Waals surface area contributed by atoms with Crippen LogP contribution in [0.2, 0.25) is 0 Å². The molecule has 0 aromatic carbocycles. The van der Waals surface area contributed by atoms with Crippen molar-refractivity contribution in [3.63, 3.8) is 0 Å². The Balaban J connectivity index is 3.88. The van der Waals surface area contributed by atoms with Crippen LogP contribution in [0.5, 0.6) is 0 Å². The van der Waals surface area contributed by atoms with Crippen molar-refractivity contribution in [1.82, 2.24) is 0 Å². The lowest BCUT2D eigenvalue weighted by Gasteiger charge is -2.08. The molecule has 0 fully saturated rings. The molecule has 0 spiro atoms. The molecule has 50 valence electrons. The SMILES string of the molecule is COP(C)(O)=CCN. The van der Waals surface area contributed by atoms with Crippen molar-refractivity contribution >= 4 is 13.1 Å². The number of hydrogen-bond donors (Lipinski definition) is 2. The van der Waals surface area contributed by atoms with Crippen LogP contribution in [0.3, 0.4) is 0 Å². The molecule has 0 radical (unpaired) electrons. The number of hydrogen-bond acceptors (Lipinski definition) is 3. The fourth-order valence-corrected chi connectivity index (χ4v) is 0.810. The molecule has 4 heteroatoms. The fourth-order valence-electron chi connectivity index (χ4n) is 0.270. The number of nitrogens with two attached hydrogens (primary N) is 1. The van der Waals surface area contributed by atoms with Gasteiger partial charge in [0.25, 0.3) is 0 Å². The van der Waals surface area contributed by atoms with E-state index in [1.54, 1.807) is 12.5 Å². The second-order valence-corrected chi connectivity index (χ2v) is 4.16. The van der Waals surface area contributed by atoms with Crippen LogP contribution < -0.4 is 5.73 Å². The Morgan fingerprint density at radius 1 is 1.88 bits per heavy atom. The molecule has 0 rings (SSSR count). The zero-order valence-corrected chi connectivity index (χ0v) is 6.06. The summed E-state index contributed by atoms with van der Waals surface area (Å²) in [6, 6.07) is 0. The molecule has 0 aliphatic carbocycles. The molecule has 0 saturated carbocycles. The van der Waals surface area contributed by atoms with Gasteiger partial charge in [0.1, 0.15) is 7.34 Å². The van der Waals surface area contributed by atoms with Crippen molar-refractivity contribution in [2.45, 2.75) is 0 Å². The van der Waals surface area contributed by atoms with Gasteiger partial charge in [0.05, 0.1) is 0 Å². The van der Waals surface area contributed by atoms with Gasteiger partial charge in [-0.15, -0.1) is 0 Å². The summed E-state index contributed by atoms with van der Waals surface area (Å²) < 4.78 is 4.71. The highest BCUT2D eigenvalue weighted by Gasteiger charge is 1.98. The highest BCUT2D eigenvalue weighted by Crippen LogP contribution is 2.35. The molecule has 3 nitrogen and oxygen atoms in total. The lowest BCUT2D eigenvalue weighted by atomic mass is 10.8. The third-order valence-electron chi connectivity index (χ3n) is 0.814. The summed E-state index contributed by atoms with van der Waals surface area (Å²) in [5.74, 6) is 1.59. The van der Waals surface area contributed by atoms with Crippen LogP contribution in [0, 0.1) is 0 Å². The van der Waals surface area contributed by atoms with Crippen LogP contribution in [0.4, 0.5) is 0 Å². The monoisotopic (exact) mass is 137 g/mol. The van der Waals surface area contributed by atoms with Crippen molar-refractivity contribution in [1.29, 1.82) is 0 Å². The standard InChI is InChI=1S/C4H12NO2P/c1-7-8(2,6)4-3-5/h4,6H,3,5H2,1-2H3. The maximum atomic E-state index is 9.08. The molecule has 0 saturated heterocycles. The third kappa shape index (κ3) is 3.22. The average Bonchev–Trinajstić information content (AvgIpc) is 1.67. The van der Waals surface area contributed by atoms with Gasteiger partial charge in [-0.3, -0.25) is 0 Å². The Morgan fingerprint density at radius 3 is 2.50 bits per heavy atom. The Kier molecular flexibility index (Phi) is 3.33. The predicted molar refractivity (Wildman–Crippen MR) is 37.2 cm³/mol. The van der Waals surface area contributed by atoms with Crippen molar-refractivity contribution in [3.05, 3.63) is 0 Å². The first-order valence-electron chi connectivity index (χ1n) is 2.31. The van der Waals surface area contributed by atoms with Crippen LogP contribution in [0.1, 0.15) is 0 Å². The van der Waals surface area contributed by atoms with E-state index in [4.69, 9.17) is 15.2 Å². The van der Waals surface area contributed by atoms with Crippen molar-refractivity contribution in [3.8, 4) is 0 Å². The van der Waals surface area contributed by atoms with E-state index >= 15 is 0 Å². The van der Waals surface area contributed by atoms with Crippen LogP contribution in [0.15, 0.2) is 0 Å². The molecule has 0 aromatic rings. The maximum absolute atomic E-state index is 9.08. The van der Waals surface area contributed by atoms with Gasteiger partial charge < -0.3 is 15.2 Å². The molecule has 8 heavy (non-hydrogen) atoms. The molecular weight excluding hydrogens is 125 g/mol. The van der Waals surface area contributed by atoms with Crippen LogP contribution >= 0.6 is 7.34 Å². The molecule has 0 aromatic heterocycles.